The van der Waals surface area contributed by atoms with Crippen molar-refractivity contribution in [1.29, 1.82) is 0 Å². The average Bonchev–Trinajstić information content (AvgIpc) is 3.63. The van der Waals surface area contributed by atoms with Crippen LogP contribution in [0.2, 0.25) is 5.02 Å². The van der Waals surface area contributed by atoms with E-state index < -0.39 is 28.7 Å². The average molecular weight is 593 g/mol. The van der Waals surface area contributed by atoms with Gasteiger partial charge in [-0.1, -0.05) is 41.9 Å². The van der Waals surface area contributed by atoms with Crippen LogP contribution in [0.1, 0.15) is 54.1 Å². The summed E-state index contributed by atoms with van der Waals surface area (Å²) in [7, 11) is 0. The molecule has 0 bridgehead atoms. The summed E-state index contributed by atoms with van der Waals surface area (Å²) in [6, 6.07) is 13.8. The van der Waals surface area contributed by atoms with E-state index in [1.807, 2.05) is 37.3 Å². The fraction of sp³-hybridized carbons (Fsp3) is 0.312. The molecule has 10 heteroatoms. The summed E-state index contributed by atoms with van der Waals surface area (Å²) in [5.74, 6) is -2.26. The van der Waals surface area contributed by atoms with Gasteiger partial charge >= 0.3 is 0 Å². The van der Waals surface area contributed by atoms with Crippen molar-refractivity contribution in [3.8, 4) is 22.6 Å². The highest BCUT2D eigenvalue weighted by atomic mass is 35.5. The fourth-order valence-electron chi connectivity index (χ4n) is 6.17. The van der Waals surface area contributed by atoms with Gasteiger partial charge in [0, 0.05) is 54.2 Å². The largest absolute Gasteiger partial charge is 0.480 e. The van der Waals surface area contributed by atoms with Gasteiger partial charge < -0.3 is 25.5 Å². The summed E-state index contributed by atoms with van der Waals surface area (Å²) in [5, 5.41) is 13.7. The Morgan fingerprint density at radius 3 is 2.60 bits per heavy atom. The number of aromatic nitrogens is 2. The minimum Gasteiger partial charge on any atom is -0.480 e. The lowest BCUT2D eigenvalue weighted by atomic mass is 9.82. The lowest BCUT2D eigenvalue weighted by Crippen LogP contribution is -2.48. The number of amides is 1. The van der Waals surface area contributed by atoms with Crippen molar-refractivity contribution in [3.63, 3.8) is 0 Å². The number of nitrogens with two attached hydrogens (primary N) is 1. The van der Waals surface area contributed by atoms with Crippen molar-refractivity contribution in [2.24, 2.45) is 5.73 Å². The Bertz CT molecular complexity index is 1640. The van der Waals surface area contributed by atoms with Crippen LogP contribution >= 0.6 is 11.6 Å². The SMILES string of the molecule is C[C@]1(O)CC[C@@H](NC[C@@]2(c3ccccc3)Cc3c(cc(F)c(Cl)c3-c3c(C(N)=O)ccc(-n4ccnc4)c3F)O2)CC1. The van der Waals surface area contributed by atoms with Crippen molar-refractivity contribution < 1.29 is 23.4 Å². The predicted molar refractivity (Wildman–Crippen MR) is 156 cm³/mol. The van der Waals surface area contributed by atoms with E-state index in [0.717, 1.165) is 18.4 Å². The molecule has 0 saturated heterocycles. The Kier molecular flexibility index (Phi) is 7.29. The van der Waals surface area contributed by atoms with Gasteiger partial charge in [-0.15, -0.1) is 0 Å². The first-order chi connectivity index (χ1) is 20.1. The normalized spacial score (nSPS) is 23.4. The van der Waals surface area contributed by atoms with Crippen molar-refractivity contribution >= 4 is 17.5 Å². The van der Waals surface area contributed by atoms with Gasteiger partial charge in [-0.05, 0) is 50.3 Å². The van der Waals surface area contributed by atoms with E-state index in [0.29, 0.717) is 24.9 Å². The quantitative estimate of drug-likeness (QED) is 0.256. The third-order valence-electron chi connectivity index (χ3n) is 8.51. The number of primary amides is 1. The minimum atomic E-state index is -0.971. The first-order valence-corrected chi connectivity index (χ1v) is 14.3. The molecule has 7 nitrogen and oxygen atoms in total. The van der Waals surface area contributed by atoms with Gasteiger partial charge in [-0.3, -0.25) is 4.79 Å². The summed E-state index contributed by atoms with van der Waals surface area (Å²) in [6.07, 6.45) is 7.65. The van der Waals surface area contributed by atoms with E-state index >= 15 is 8.78 Å². The van der Waals surface area contributed by atoms with Gasteiger partial charge in [0.15, 0.2) is 11.4 Å². The van der Waals surface area contributed by atoms with Crippen LogP contribution in [-0.2, 0) is 12.0 Å². The van der Waals surface area contributed by atoms with E-state index in [9.17, 15) is 9.90 Å². The number of carbonyl (C=O) groups excluding carboxylic acids is 1. The molecule has 6 rings (SSSR count). The monoisotopic (exact) mass is 592 g/mol. The van der Waals surface area contributed by atoms with E-state index in [4.69, 9.17) is 22.1 Å². The molecule has 3 aromatic carbocycles. The molecule has 1 aliphatic carbocycles. The Balaban J connectivity index is 1.47. The zero-order chi connectivity index (χ0) is 29.6. The standard InChI is InChI=1S/C32H31ClF2N4O3/c1-31(41)11-9-20(10-12-31)38-17-32(19-5-3-2-4-6-19)16-22-25(42-32)15-23(34)28(33)26(22)27-21(30(36)40)7-8-24(29(27)35)39-14-13-37-18-39/h2-8,13-15,18,20,38,41H,9-12,16-17H2,1H3,(H2,36,40)/t20-,31+,32-/m1/s1. The maximum atomic E-state index is 16.4. The van der Waals surface area contributed by atoms with Gasteiger partial charge in [0.25, 0.3) is 0 Å². The molecular weight excluding hydrogens is 562 g/mol. The molecule has 0 unspecified atom stereocenters. The molecule has 2 aliphatic rings. The van der Waals surface area contributed by atoms with Gasteiger partial charge in [-0.2, -0.15) is 0 Å². The lowest BCUT2D eigenvalue weighted by Gasteiger charge is -2.36. The number of carbonyl (C=O) groups is 1. The van der Waals surface area contributed by atoms with E-state index in [-0.39, 0.29) is 45.6 Å². The number of rotatable bonds is 7. The molecular formula is C32H31ClF2N4O3. The minimum absolute atomic E-state index is 0.0338. The van der Waals surface area contributed by atoms with Crippen molar-refractivity contribution in [1.82, 2.24) is 14.9 Å². The smallest absolute Gasteiger partial charge is 0.249 e. The fourth-order valence-corrected chi connectivity index (χ4v) is 6.44. The molecule has 1 saturated carbocycles. The molecule has 1 amide bonds. The molecule has 4 N–H and O–H groups in total. The molecule has 1 atom stereocenters. The highest BCUT2D eigenvalue weighted by molar-refractivity contribution is 6.34. The van der Waals surface area contributed by atoms with Crippen molar-refractivity contribution in [2.75, 3.05) is 6.54 Å². The maximum Gasteiger partial charge on any atom is 0.249 e. The van der Waals surface area contributed by atoms with E-state index in [2.05, 4.69) is 10.3 Å². The Morgan fingerprint density at radius 1 is 1.19 bits per heavy atom. The maximum absolute atomic E-state index is 16.4. The molecule has 1 fully saturated rings. The number of nitrogens with one attached hydrogen (secondary N) is 1. The molecule has 4 aromatic rings. The third kappa shape index (κ3) is 5.06. The molecule has 0 spiro atoms. The van der Waals surface area contributed by atoms with Gasteiger partial charge in [0.2, 0.25) is 5.91 Å². The zero-order valence-corrected chi connectivity index (χ0v) is 23.8. The number of nitrogens with zero attached hydrogens (tertiary/aromatic N) is 2. The molecule has 0 radical (unpaired) electrons. The van der Waals surface area contributed by atoms with Crippen LogP contribution in [0.5, 0.6) is 5.75 Å². The first kappa shape index (κ1) is 28.3. The Morgan fingerprint density at radius 2 is 1.93 bits per heavy atom. The van der Waals surface area contributed by atoms with Crippen molar-refractivity contribution in [3.05, 3.63) is 101 Å². The summed E-state index contributed by atoms with van der Waals surface area (Å²) < 4.78 is 39.9. The highest BCUT2D eigenvalue weighted by Gasteiger charge is 2.44. The van der Waals surface area contributed by atoms with Crippen LogP contribution in [0.4, 0.5) is 8.78 Å². The Hall–Kier alpha value is -3.79. The first-order valence-electron chi connectivity index (χ1n) is 13.9. The number of hydrogen-bond donors (Lipinski definition) is 3. The van der Waals surface area contributed by atoms with Crippen LogP contribution in [0.25, 0.3) is 16.8 Å². The Labute approximate surface area is 247 Å². The molecule has 1 aromatic heterocycles. The summed E-state index contributed by atoms with van der Waals surface area (Å²) in [5.41, 5.74) is 5.19. The summed E-state index contributed by atoms with van der Waals surface area (Å²) in [4.78, 5) is 16.5. The summed E-state index contributed by atoms with van der Waals surface area (Å²) in [6.45, 7) is 2.23. The second-order valence-electron chi connectivity index (χ2n) is 11.5. The van der Waals surface area contributed by atoms with Crippen LogP contribution < -0.4 is 15.8 Å². The topological polar surface area (TPSA) is 102 Å². The van der Waals surface area contributed by atoms with E-state index in [1.165, 1.54) is 35.3 Å². The van der Waals surface area contributed by atoms with Gasteiger partial charge in [-0.25, -0.2) is 13.8 Å². The number of ether oxygens (including phenoxy) is 1. The van der Waals surface area contributed by atoms with Gasteiger partial charge in [0.1, 0.15) is 11.6 Å². The number of hydrogen-bond acceptors (Lipinski definition) is 5. The highest BCUT2D eigenvalue weighted by Crippen LogP contribution is 2.50. The number of benzene rings is 3. The number of fused-ring (bicyclic) bond motifs is 1. The lowest BCUT2D eigenvalue weighted by molar-refractivity contribution is 0.0104. The second kappa shape index (κ2) is 10.8. The third-order valence-corrected chi connectivity index (χ3v) is 8.88. The predicted octanol–water partition coefficient (Wildman–Crippen LogP) is 5.68. The van der Waals surface area contributed by atoms with Crippen LogP contribution in [-0.4, -0.2) is 38.8 Å². The van der Waals surface area contributed by atoms with Crippen molar-refractivity contribution in [2.45, 2.75) is 56.3 Å². The van der Waals surface area contributed by atoms with E-state index in [1.54, 1.807) is 6.20 Å². The summed E-state index contributed by atoms with van der Waals surface area (Å²) >= 11 is 6.59. The molecule has 218 valence electrons. The molecule has 42 heavy (non-hydrogen) atoms. The zero-order valence-electron chi connectivity index (χ0n) is 23.0. The number of imidazole rings is 1. The van der Waals surface area contributed by atoms with Crippen LogP contribution in [0.3, 0.4) is 0 Å². The molecule has 1 aliphatic heterocycles. The van der Waals surface area contributed by atoms with Gasteiger partial charge in [0.05, 0.1) is 28.2 Å². The van der Waals surface area contributed by atoms with Crippen LogP contribution in [0.15, 0.2) is 67.3 Å². The second-order valence-corrected chi connectivity index (χ2v) is 11.8. The molecule has 2 heterocycles. The number of aliphatic hydroxyl groups is 1. The number of halogens is 3. The van der Waals surface area contributed by atoms with Crippen LogP contribution in [0, 0.1) is 11.6 Å².